The van der Waals surface area contributed by atoms with Crippen LogP contribution >= 0.6 is 15.9 Å². The Balaban J connectivity index is 3.03. The first-order valence-electron chi connectivity index (χ1n) is 5.26. The number of hydrogen-bond donors (Lipinski definition) is 3. The highest BCUT2D eigenvalue weighted by atomic mass is 79.9. The molecule has 1 unspecified atom stereocenters. The van der Waals surface area contributed by atoms with Crippen molar-refractivity contribution in [2.45, 2.75) is 12.5 Å². The number of pyridine rings is 1. The molecule has 0 bridgehead atoms. The number of aliphatic imine (C=N–C) groups is 1. The quantitative estimate of drug-likeness (QED) is 0.317. The molecule has 7 heteroatoms. The number of hydrogen-bond acceptors (Lipinski definition) is 6. The molecule has 1 atom stereocenters. The first-order chi connectivity index (χ1) is 8.52. The van der Waals surface area contributed by atoms with Crippen LogP contribution < -0.4 is 5.84 Å². The third-order valence-corrected chi connectivity index (χ3v) is 2.74. The number of hydrazone groups is 1. The van der Waals surface area contributed by atoms with Gasteiger partial charge in [0, 0.05) is 6.21 Å². The summed E-state index contributed by atoms with van der Waals surface area (Å²) in [7, 11) is 0. The van der Waals surface area contributed by atoms with Gasteiger partial charge >= 0.3 is 0 Å². The Morgan fingerprint density at radius 2 is 2.33 bits per heavy atom. The van der Waals surface area contributed by atoms with Crippen LogP contribution in [-0.4, -0.2) is 40.3 Å². The zero-order valence-corrected chi connectivity index (χ0v) is 11.5. The van der Waals surface area contributed by atoms with Crippen LogP contribution in [0.3, 0.4) is 0 Å². The molecule has 0 spiro atoms. The number of aliphatic hydroxyl groups excluding tert-OH is 1. The molecule has 0 fully saturated rings. The van der Waals surface area contributed by atoms with Gasteiger partial charge in [0.1, 0.15) is 15.9 Å². The smallest absolute Gasteiger partial charge is 0.149 e. The van der Waals surface area contributed by atoms with Crippen LogP contribution in [0.1, 0.15) is 12.6 Å². The van der Waals surface area contributed by atoms with Gasteiger partial charge in [-0.3, -0.25) is 4.99 Å². The maximum absolute atomic E-state index is 10.4. The Morgan fingerprint density at radius 1 is 1.61 bits per heavy atom. The van der Waals surface area contributed by atoms with Crippen molar-refractivity contribution in [3.05, 3.63) is 28.5 Å². The summed E-state index contributed by atoms with van der Waals surface area (Å²) >= 11 is 3.23. The third kappa shape index (κ3) is 3.59. The average Bonchev–Trinajstić information content (AvgIpc) is 2.34. The average molecular weight is 315 g/mol. The van der Waals surface area contributed by atoms with Crippen LogP contribution in [0.4, 0.5) is 0 Å². The molecular formula is C11H15BrN4O2. The SMILES string of the molecule is CC(O)(C(C=NCCO)=NN)c1cccc(Br)n1. The van der Waals surface area contributed by atoms with Crippen LogP contribution in [0.25, 0.3) is 0 Å². The minimum Gasteiger partial charge on any atom is -0.394 e. The Labute approximate surface area is 113 Å². The second-order valence-electron chi connectivity index (χ2n) is 3.69. The van der Waals surface area contributed by atoms with E-state index in [0.29, 0.717) is 10.3 Å². The lowest BCUT2D eigenvalue weighted by Crippen LogP contribution is -2.35. The predicted molar refractivity (Wildman–Crippen MR) is 73.6 cm³/mol. The van der Waals surface area contributed by atoms with Crippen molar-refractivity contribution >= 4 is 27.9 Å². The molecule has 1 aromatic heterocycles. The second-order valence-corrected chi connectivity index (χ2v) is 4.50. The summed E-state index contributed by atoms with van der Waals surface area (Å²) < 4.78 is 0.601. The lowest BCUT2D eigenvalue weighted by atomic mass is 9.96. The van der Waals surface area contributed by atoms with Crippen molar-refractivity contribution in [2.75, 3.05) is 13.2 Å². The van der Waals surface area contributed by atoms with E-state index in [2.05, 4.69) is 31.0 Å². The number of rotatable bonds is 5. The predicted octanol–water partition coefficient (Wildman–Crippen LogP) is 0.429. The van der Waals surface area contributed by atoms with Gasteiger partial charge in [-0.25, -0.2) is 4.98 Å². The Bertz CT molecular complexity index is 460. The molecular weight excluding hydrogens is 300 g/mol. The maximum Gasteiger partial charge on any atom is 0.149 e. The molecule has 98 valence electrons. The molecule has 18 heavy (non-hydrogen) atoms. The summed E-state index contributed by atoms with van der Waals surface area (Å²) in [6.07, 6.45) is 1.33. The first kappa shape index (κ1) is 14.7. The highest BCUT2D eigenvalue weighted by molar-refractivity contribution is 9.10. The number of halogens is 1. The van der Waals surface area contributed by atoms with E-state index in [1.54, 1.807) is 18.2 Å². The van der Waals surface area contributed by atoms with Gasteiger partial charge in [0.25, 0.3) is 0 Å². The van der Waals surface area contributed by atoms with Gasteiger partial charge in [-0.15, -0.1) is 0 Å². The molecule has 1 rings (SSSR count). The number of aromatic nitrogens is 1. The normalized spacial score (nSPS) is 15.9. The second kappa shape index (κ2) is 6.58. The highest BCUT2D eigenvalue weighted by Gasteiger charge is 2.30. The van der Waals surface area contributed by atoms with E-state index in [9.17, 15) is 5.11 Å². The van der Waals surface area contributed by atoms with E-state index in [-0.39, 0.29) is 18.9 Å². The monoisotopic (exact) mass is 314 g/mol. The van der Waals surface area contributed by atoms with Gasteiger partial charge < -0.3 is 16.1 Å². The molecule has 1 aromatic rings. The Kier molecular flexibility index (Phi) is 5.39. The van der Waals surface area contributed by atoms with Gasteiger partial charge in [-0.2, -0.15) is 5.10 Å². The molecule has 0 saturated heterocycles. The van der Waals surface area contributed by atoms with E-state index in [4.69, 9.17) is 10.9 Å². The number of nitrogens with zero attached hydrogens (tertiary/aromatic N) is 3. The molecule has 0 aliphatic heterocycles. The summed E-state index contributed by atoms with van der Waals surface area (Å²) in [5, 5.41) is 22.6. The summed E-state index contributed by atoms with van der Waals surface area (Å²) in [5.41, 5.74) is -0.879. The Morgan fingerprint density at radius 3 is 2.89 bits per heavy atom. The fourth-order valence-corrected chi connectivity index (χ4v) is 1.65. The highest BCUT2D eigenvalue weighted by Crippen LogP contribution is 2.21. The molecule has 4 N–H and O–H groups in total. The lowest BCUT2D eigenvalue weighted by Gasteiger charge is -2.22. The van der Waals surface area contributed by atoms with E-state index >= 15 is 0 Å². The van der Waals surface area contributed by atoms with Gasteiger partial charge in [-0.1, -0.05) is 6.07 Å². The van der Waals surface area contributed by atoms with Gasteiger partial charge in [0.15, 0.2) is 0 Å². The molecule has 0 amide bonds. The molecule has 0 aliphatic rings. The van der Waals surface area contributed by atoms with Crippen LogP contribution in [0.2, 0.25) is 0 Å². The minimum absolute atomic E-state index is 0.0777. The summed E-state index contributed by atoms with van der Waals surface area (Å²) in [6.45, 7) is 1.67. The van der Waals surface area contributed by atoms with Gasteiger partial charge in [0.2, 0.25) is 0 Å². The van der Waals surface area contributed by atoms with Crippen LogP contribution in [-0.2, 0) is 5.60 Å². The lowest BCUT2D eigenvalue weighted by molar-refractivity contribution is 0.130. The summed E-state index contributed by atoms with van der Waals surface area (Å²) in [4.78, 5) is 8.05. The number of aliphatic hydroxyl groups is 2. The van der Waals surface area contributed by atoms with E-state index in [0.717, 1.165) is 0 Å². The third-order valence-electron chi connectivity index (χ3n) is 2.29. The van der Waals surface area contributed by atoms with Crippen molar-refractivity contribution in [3.63, 3.8) is 0 Å². The molecule has 0 saturated carbocycles. The topological polar surface area (TPSA) is 104 Å². The van der Waals surface area contributed by atoms with Crippen molar-refractivity contribution in [1.29, 1.82) is 0 Å². The maximum atomic E-state index is 10.4. The van der Waals surface area contributed by atoms with E-state index in [1.807, 2.05) is 0 Å². The zero-order valence-electron chi connectivity index (χ0n) is 9.91. The summed E-state index contributed by atoms with van der Waals surface area (Å²) in [5.74, 6) is 5.25. The van der Waals surface area contributed by atoms with Crippen molar-refractivity contribution in [1.82, 2.24) is 4.98 Å². The fraction of sp³-hybridized carbons (Fsp3) is 0.364. The van der Waals surface area contributed by atoms with Crippen LogP contribution in [0.5, 0.6) is 0 Å². The van der Waals surface area contributed by atoms with Crippen molar-refractivity contribution < 1.29 is 10.2 Å². The van der Waals surface area contributed by atoms with Crippen LogP contribution in [0, 0.1) is 0 Å². The largest absolute Gasteiger partial charge is 0.394 e. The molecule has 0 aliphatic carbocycles. The molecule has 6 nitrogen and oxygen atoms in total. The van der Waals surface area contributed by atoms with E-state index in [1.165, 1.54) is 13.1 Å². The van der Waals surface area contributed by atoms with Gasteiger partial charge in [-0.05, 0) is 35.0 Å². The molecule has 0 aromatic carbocycles. The van der Waals surface area contributed by atoms with Crippen molar-refractivity contribution in [2.24, 2.45) is 15.9 Å². The zero-order chi connectivity index (χ0) is 13.6. The standard InChI is InChI=1S/C11H15BrN4O2/c1-11(18,8-3-2-4-10(12)15-8)9(16-13)7-14-5-6-17/h2-4,7,17-18H,5-6,13H2,1H3. The fourth-order valence-electron chi connectivity index (χ4n) is 1.30. The molecule has 0 radical (unpaired) electrons. The number of nitrogens with two attached hydrogens (primary N) is 1. The Hall–Kier alpha value is -1.31. The van der Waals surface area contributed by atoms with Crippen molar-refractivity contribution in [3.8, 4) is 0 Å². The van der Waals surface area contributed by atoms with Crippen LogP contribution in [0.15, 0.2) is 32.9 Å². The summed E-state index contributed by atoms with van der Waals surface area (Å²) in [6, 6.07) is 5.16. The minimum atomic E-state index is -1.45. The van der Waals surface area contributed by atoms with E-state index < -0.39 is 5.60 Å². The first-order valence-corrected chi connectivity index (χ1v) is 6.06. The van der Waals surface area contributed by atoms with Gasteiger partial charge in [0.05, 0.1) is 18.8 Å². The molecule has 1 heterocycles.